The molecule has 4 heteroatoms. The number of thioether (sulfide) groups is 1. The van der Waals surface area contributed by atoms with Crippen molar-refractivity contribution in [2.45, 2.75) is 18.7 Å². The van der Waals surface area contributed by atoms with Crippen LogP contribution in [0.3, 0.4) is 0 Å². The van der Waals surface area contributed by atoms with Gasteiger partial charge in [-0.3, -0.25) is 9.69 Å². The summed E-state index contributed by atoms with van der Waals surface area (Å²) in [5, 5.41) is -0.286. The molecule has 0 aromatic heterocycles. The van der Waals surface area contributed by atoms with Crippen LogP contribution in [0, 0.1) is 5.82 Å². The maximum Gasteiger partial charge on any atom is 0.238 e. The molecule has 0 unspecified atom stereocenters. The van der Waals surface area contributed by atoms with Crippen LogP contribution < -0.4 is 4.90 Å². The Labute approximate surface area is 128 Å². The Hall–Kier alpha value is -1.81. The quantitative estimate of drug-likeness (QED) is 0.848. The number of benzene rings is 2. The van der Waals surface area contributed by atoms with Gasteiger partial charge in [0.1, 0.15) is 11.2 Å². The van der Waals surface area contributed by atoms with E-state index in [4.69, 9.17) is 0 Å². The highest BCUT2D eigenvalue weighted by molar-refractivity contribution is 8.00. The maximum atomic E-state index is 14.0. The van der Waals surface area contributed by atoms with Gasteiger partial charge in [0.05, 0.1) is 5.75 Å². The standard InChI is InChI=1S/C17H16FNOS/c1-2-12-7-9-13(10-8-12)19-16(20)11-21-17(19)14-5-3-4-6-15(14)18/h3-10,17H,2,11H2,1H3/t17-/m0/s1. The second kappa shape index (κ2) is 5.90. The molecule has 0 spiro atoms. The molecule has 0 bridgehead atoms. The van der Waals surface area contributed by atoms with Gasteiger partial charge in [-0.1, -0.05) is 37.3 Å². The molecule has 2 aromatic rings. The van der Waals surface area contributed by atoms with Gasteiger partial charge in [0.25, 0.3) is 0 Å². The molecule has 1 aliphatic heterocycles. The Morgan fingerprint density at radius 2 is 1.90 bits per heavy atom. The van der Waals surface area contributed by atoms with Crippen molar-refractivity contribution in [1.29, 1.82) is 0 Å². The van der Waals surface area contributed by atoms with E-state index in [0.29, 0.717) is 11.3 Å². The number of rotatable bonds is 3. The van der Waals surface area contributed by atoms with E-state index in [1.54, 1.807) is 23.1 Å². The summed E-state index contributed by atoms with van der Waals surface area (Å²) in [6, 6.07) is 14.6. The van der Waals surface area contributed by atoms with Gasteiger partial charge >= 0.3 is 0 Å². The number of amides is 1. The summed E-state index contributed by atoms with van der Waals surface area (Å²) in [6.07, 6.45) is 0.958. The number of carbonyl (C=O) groups is 1. The van der Waals surface area contributed by atoms with E-state index in [0.717, 1.165) is 12.1 Å². The van der Waals surface area contributed by atoms with Crippen molar-refractivity contribution in [3.8, 4) is 0 Å². The molecule has 1 amide bonds. The number of anilines is 1. The summed E-state index contributed by atoms with van der Waals surface area (Å²) < 4.78 is 14.0. The van der Waals surface area contributed by atoms with Crippen molar-refractivity contribution in [1.82, 2.24) is 0 Å². The largest absolute Gasteiger partial charge is 0.295 e. The van der Waals surface area contributed by atoms with Crippen LogP contribution in [0.2, 0.25) is 0 Å². The minimum Gasteiger partial charge on any atom is -0.295 e. The second-order valence-corrected chi connectivity index (χ2v) is 6.04. The molecule has 108 valence electrons. The molecule has 3 rings (SSSR count). The molecule has 1 fully saturated rings. The number of carbonyl (C=O) groups excluding carboxylic acids is 1. The van der Waals surface area contributed by atoms with Crippen molar-refractivity contribution < 1.29 is 9.18 Å². The van der Waals surface area contributed by atoms with Gasteiger partial charge in [-0.15, -0.1) is 11.8 Å². The average molecular weight is 301 g/mol. The lowest BCUT2D eigenvalue weighted by atomic mass is 10.1. The van der Waals surface area contributed by atoms with Gasteiger partial charge in [0.15, 0.2) is 0 Å². The zero-order valence-electron chi connectivity index (χ0n) is 11.8. The molecule has 2 aromatic carbocycles. The van der Waals surface area contributed by atoms with E-state index in [-0.39, 0.29) is 17.1 Å². The summed E-state index contributed by atoms with van der Waals surface area (Å²) in [4.78, 5) is 13.9. The minimum absolute atomic E-state index is 0.0255. The molecular weight excluding hydrogens is 285 g/mol. The Balaban J connectivity index is 1.97. The van der Waals surface area contributed by atoms with E-state index >= 15 is 0 Å². The van der Waals surface area contributed by atoms with E-state index < -0.39 is 0 Å². The molecule has 0 radical (unpaired) electrons. The second-order valence-electron chi connectivity index (χ2n) is 4.97. The highest BCUT2D eigenvalue weighted by Gasteiger charge is 2.35. The maximum absolute atomic E-state index is 14.0. The minimum atomic E-state index is -0.286. The zero-order valence-corrected chi connectivity index (χ0v) is 12.6. The van der Waals surface area contributed by atoms with Gasteiger partial charge < -0.3 is 0 Å². The first kappa shape index (κ1) is 14.1. The van der Waals surface area contributed by atoms with Crippen molar-refractivity contribution in [2.24, 2.45) is 0 Å². The molecule has 1 atom stereocenters. The first-order valence-electron chi connectivity index (χ1n) is 6.97. The third-order valence-electron chi connectivity index (χ3n) is 3.66. The normalized spacial score (nSPS) is 18.3. The molecule has 1 aliphatic rings. The summed E-state index contributed by atoms with van der Waals surface area (Å²) in [5.74, 6) is 0.145. The van der Waals surface area contributed by atoms with Crippen molar-refractivity contribution in [3.63, 3.8) is 0 Å². The van der Waals surface area contributed by atoms with E-state index in [1.807, 2.05) is 24.3 Å². The van der Waals surface area contributed by atoms with Crippen LogP contribution in [0.15, 0.2) is 48.5 Å². The Morgan fingerprint density at radius 3 is 2.57 bits per heavy atom. The van der Waals surface area contributed by atoms with Crippen LogP contribution in [-0.4, -0.2) is 11.7 Å². The lowest BCUT2D eigenvalue weighted by Crippen LogP contribution is -2.28. The number of hydrogen-bond donors (Lipinski definition) is 0. The van der Waals surface area contributed by atoms with Gasteiger partial charge in [-0.2, -0.15) is 0 Å². The predicted octanol–water partition coefficient (Wildman–Crippen LogP) is 4.17. The van der Waals surface area contributed by atoms with Gasteiger partial charge in [0.2, 0.25) is 5.91 Å². The smallest absolute Gasteiger partial charge is 0.238 e. The summed E-state index contributed by atoms with van der Waals surface area (Å²) in [7, 11) is 0. The van der Waals surface area contributed by atoms with Crippen molar-refractivity contribution in [3.05, 3.63) is 65.5 Å². The lowest BCUT2D eigenvalue weighted by molar-refractivity contribution is -0.115. The average Bonchev–Trinajstić information content (AvgIpc) is 2.89. The van der Waals surface area contributed by atoms with Crippen LogP contribution >= 0.6 is 11.8 Å². The first-order chi connectivity index (χ1) is 10.2. The van der Waals surface area contributed by atoms with Gasteiger partial charge in [-0.05, 0) is 30.2 Å². The van der Waals surface area contributed by atoms with Crippen molar-refractivity contribution in [2.75, 3.05) is 10.7 Å². The Bertz CT molecular complexity index is 656. The highest BCUT2D eigenvalue weighted by atomic mass is 32.2. The molecule has 1 heterocycles. The Kier molecular flexibility index (Phi) is 3.97. The zero-order chi connectivity index (χ0) is 14.8. The van der Waals surface area contributed by atoms with E-state index in [1.165, 1.54) is 23.4 Å². The van der Waals surface area contributed by atoms with Crippen LogP contribution in [0.25, 0.3) is 0 Å². The number of halogens is 1. The summed E-state index contributed by atoms with van der Waals surface area (Å²) in [5.41, 5.74) is 2.61. The molecule has 2 nitrogen and oxygen atoms in total. The van der Waals surface area contributed by atoms with Crippen molar-refractivity contribution >= 4 is 23.4 Å². The molecule has 0 aliphatic carbocycles. The molecule has 0 N–H and O–H groups in total. The summed E-state index contributed by atoms with van der Waals surface area (Å²) in [6.45, 7) is 2.09. The molecule has 21 heavy (non-hydrogen) atoms. The molecule has 1 saturated heterocycles. The lowest BCUT2D eigenvalue weighted by Gasteiger charge is -2.24. The number of nitrogens with zero attached hydrogens (tertiary/aromatic N) is 1. The molecular formula is C17H16FNOS. The highest BCUT2D eigenvalue weighted by Crippen LogP contribution is 2.42. The van der Waals surface area contributed by atoms with Crippen LogP contribution in [-0.2, 0) is 11.2 Å². The first-order valence-corrected chi connectivity index (χ1v) is 8.02. The fourth-order valence-corrected chi connectivity index (χ4v) is 3.70. The van der Waals surface area contributed by atoms with Crippen LogP contribution in [0.5, 0.6) is 0 Å². The fourth-order valence-electron chi connectivity index (χ4n) is 2.50. The van der Waals surface area contributed by atoms with E-state index in [9.17, 15) is 9.18 Å². The monoisotopic (exact) mass is 301 g/mol. The van der Waals surface area contributed by atoms with Crippen LogP contribution in [0.4, 0.5) is 10.1 Å². The molecule has 0 saturated carbocycles. The summed E-state index contributed by atoms with van der Waals surface area (Å²) >= 11 is 1.47. The SMILES string of the molecule is CCc1ccc(N2C(=O)CS[C@H]2c2ccccc2F)cc1. The van der Waals surface area contributed by atoms with Crippen LogP contribution in [0.1, 0.15) is 23.4 Å². The van der Waals surface area contributed by atoms with Gasteiger partial charge in [-0.25, -0.2) is 4.39 Å². The van der Waals surface area contributed by atoms with E-state index in [2.05, 4.69) is 6.92 Å². The third kappa shape index (κ3) is 2.68. The predicted molar refractivity (Wildman–Crippen MR) is 84.9 cm³/mol. The number of aryl methyl sites for hydroxylation is 1. The van der Waals surface area contributed by atoms with Gasteiger partial charge in [0, 0.05) is 11.3 Å². The fraction of sp³-hybridized carbons (Fsp3) is 0.235. The Morgan fingerprint density at radius 1 is 1.19 bits per heavy atom. The third-order valence-corrected chi connectivity index (χ3v) is 4.86. The topological polar surface area (TPSA) is 20.3 Å². The number of hydrogen-bond acceptors (Lipinski definition) is 2.